The average molecular weight is 222 g/mol. The fraction of sp³-hybridized carbons (Fsp3) is 1.00. The van der Waals surface area contributed by atoms with Crippen molar-refractivity contribution in [2.45, 2.75) is 13.1 Å². The predicted molar refractivity (Wildman–Crippen MR) is 58.4 cm³/mol. The van der Waals surface area contributed by atoms with Crippen LogP contribution in [0.15, 0.2) is 0 Å². The van der Waals surface area contributed by atoms with Gasteiger partial charge in [-0.15, -0.1) is 0 Å². The number of hydrogen-bond donors (Lipinski definition) is 3. The molecule has 0 spiro atoms. The minimum Gasteiger partial charge on any atom is -0.395 e. The molecule has 0 saturated heterocycles. The molecule has 0 rings (SSSR count). The molecule has 0 aliphatic carbocycles. The summed E-state index contributed by atoms with van der Waals surface area (Å²) in [5.41, 5.74) is 5.33. The first-order chi connectivity index (χ1) is 6.62. The molecule has 0 aromatic rings. The van der Waals surface area contributed by atoms with E-state index in [0.29, 0.717) is 26.3 Å². The topological polar surface area (TPSA) is 76.7 Å². The molecule has 0 aromatic carbocycles. The van der Waals surface area contributed by atoms with Gasteiger partial charge in [-0.1, -0.05) is 0 Å². The normalized spacial score (nSPS) is 12.0. The highest BCUT2D eigenvalue weighted by Gasteiger charge is 2.23. The maximum absolute atomic E-state index is 8.51. The molecule has 0 saturated carbocycles. The van der Waals surface area contributed by atoms with Crippen LogP contribution in [0.25, 0.3) is 0 Å². The van der Waals surface area contributed by atoms with Crippen molar-refractivity contribution in [3.05, 3.63) is 0 Å². The smallest absolute Gasteiger partial charge is 0.331 e. The molecular weight excluding hydrogens is 200 g/mol. The van der Waals surface area contributed by atoms with Gasteiger partial charge in [-0.25, -0.2) is 0 Å². The molecule has 0 unspecified atom stereocenters. The lowest BCUT2D eigenvalue weighted by Gasteiger charge is -2.22. The summed E-state index contributed by atoms with van der Waals surface area (Å²) in [7, 11) is -1.97. The molecule has 4 N–H and O–H groups in total. The van der Waals surface area contributed by atoms with E-state index in [2.05, 4.69) is 5.32 Å². The monoisotopic (exact) mass is 222 g/mol. The van der Waals surface area contributed by atoms with Gasteiger partial charge in [0.1, 0.15) is 0 Å². The largest absolute Gasteiger partial charge is 0.395 e. The van der Waals surface area contributed by atoms with Crippen molar-refractivity contribution in [1.29, 1.82) is 0 Å². The van der Waals surface area contributed by atoms with E-state index in [-0.39, 0.29) is 6.61 Å². The summed E-state index contributed by atoms with van der Waals surface area (Å²) < 4.78 is 11.1. The van der Waals surface area contributed by atoms with E-state index in [1.165, 1.54) is 0 Å². The van der Waals surface area contributed by atoms with Gasteiger partial charge < -0.3 is 25.0 Å². The predicted octanol–water partition coefficient (Wildman–Crippen LogP) is -0.738. The van der Waals surface area contributed by atoms with Crippen molar-refractivity contribution in [2.24, 2.45) is 5.73 Å². The summed E-state index contributed by atoms with van der Waals surface area (Å²) in [4.78, 5) is 0. The Morgan fingerprint density at radius 2 is 1.86 bits per heavy atom. The summed E-state index contributed by atoms with van der Waals surface area (Å²) in [5.74, 6) is 0. The highest BCUT2D eigenvalue weighted by molar-refractivity contribution is 6.64. The Morgan fingerprint density at radius 1 is 1.21 bits per heavy atom. The molecule has 14 heavy (non-hydrogen) atoms. The van der Waals surface area contributed by atoms with Crippen LogP contribution in [0, 0.1) is 0 Å². The van der Waals surface area contributed by atoms with Gasteiger partial charge >= 0.3 is 8.56 Å². The summed E-state index contributed by atoms with van der Waals surface area (Å²) in [6, 6.07) is 0. The Hall–Kier alpha value is 0.0169. The van der Waals surface area contributed by atoms with E-state index in [4.69, 9.17) is 19.7 Å². The fourth-order valence-corrected chi connectivity index (χ4v) is 2.21. The van der Waals surface area contributed by atoms with E-state index < -0.39 is 8.56 Å². The van der Waals surface area contributed by atoms with Gasteiger partial charge in [0.25, 0.3) is 0 Å². The Bertz CT molecular complexity index is 136. The molecule has 0 radical (unpaired) electrons. The highest BCUT2D eigenvalue weighted by atomic mass is 28.4. The third-order valence-electron chi connectivity index (χ3n) is 1.58. The van der Waals surface area contributed by atoms with Crippen molar-refractivity contribution in [3.63, 3.8) is 0 Å². The number of hydrogen-bond acceptors (Lipinski definition) is 5. The van der Waals surface area contributed by atoms with Gasteiger partial charge in [-0.2, -0.15) is 0 Å². The zero-order valence-corrected chi connectivity index (χ0v) is 10.1. The summed E-state index contributed by atoms with van der Waals surface area (Å²) >= 11 is 0. The number of aliphatic hydroxyl groups is 1. The molecule has 0 amide bonds. The first-order valence-electron chi connectivity index (χ1n) is 4.92. The molecule has 6 heteroatoms. The number of nitrogens with two attached hydrogens (primary N) is 1. The van der Waals surface area contributed by atoms with Crippen molar-refractivity contribution in [3.8, 4) is 0 Å². The summed E-state index contributed by atoms with van der Waals surface area (Å²) in [5, 5.41) is 11.5. The maximum atomic E-state index is 8.51. The van der Waals surface area contributed by atoms with Crippen molar-refractivity contribution in [1.82, 2.24) is 5.32 Å². The summed E-state index contributed by atoms with van der Waals surface area (Å²) in [6.45, 7) is 7.20. The molecule has 0 aliphatic rings. The fourth-order valence-electron chi connectivity index (χ4n) is 0.919. The van der Waals surface area contributed by atoms with E-state index >= 15 is 0 Å². The second-order valence-electron chi connectivity index (χ2n) is 3.36. The van der Waals surface area contributed by atoms with Crippen LogP contribution in [0.3, 0.4) is 0 Å². The minimum atomic E-state index is -1.97. The quantitative estimate of drug-likeness (QED) is 0.354. The molecule has 5 nitrogen and oxygen atoms in total. The zero-order chi connectivity index (χ0) is 10.9. The van der Waals surface area contributed by atoms with Crippen LogP contribution in [0.5, 0.6) is 0 Å². The third-order valence-corrected chi connectivity index (χ3v) is 3.38. The SMILES string of the molecule is C[Si](C)(OCCN)OCCNCCO. The van der Waals surface area contributed by atoms with Crippen LogP contribution < -0.4 is 11.1 Å². The van der Waals surface area contributed by atoms with Crippen LogP contribution in [-0.4, -0.2) is 53.1 Å². The number of rotatable bonds is 9. The molecule has 0 atom stereocenters. The van der Waals surface area contributed by atoms with Gasteiger partial charge in [0.15, 0.2) is 0 Å². The zero-order valence-electron chi connectivity index (χ0n) is 9.08. The maximum Gasteiger partial charge on any atom is 0.331 e. The van der Waals surface area contributed by atoms with Gasteiger partial charge in [0.2, 0.25) is 0 Å². The lowest BCUT2D eigenvalue weighted by molar-refractivity contribution is 0.182. The number of aliphatic hydroxyl groups excluding tert-OH is 1. The standard InChI is InChI=1S/C8H22N2O3Si/c1-14(2,12-7-3-9)13-8-5-10-4-6-11/h10-11H,3-9H2,1-2H3. The molecule has 0 heterocycles. The summed E-state index contributed by atoms with van der Waals surface area (Å²) in [6.07, 6.45) is 0. The first kappa shape index (κ1) is 14.0. The Labute approximate surface area is 86.8 Å². The molecule has 0 aliphatic heterocycles. The molecular formula is C8H22N2O3Si. The van der Waals surface area contributed by atoms with Crippen LogP contribution in [0.4, 0.5) is 0 Å². The molecule has 86 valence electrons. The van der Waals surface area contributed by atoms with Gasteiger partial charge in [0, 0.05) is 32.8 Å². The molecule has 0 fully saturated rings. The van der Waals surface area contributed by atoms with E-state index in [1.54, 1.807) is 0 Å². The van der Waals surface area contributed by atoms with Crippen LogP contribution >= 0.6 is 0 Å². The lowest BCUT2D eigenvalue weighted by Crippen LogP contribution is -2.38. The number of nitrogens with one attached hydrogen (secondary N) is 1. The minimum absolute atomic E-state index is 0.157. The van der Waals surface area contributed by atoms with Gasteiger partial charge in [-0.05, 0) is 13.1 Å². The highest BCUT2D eigenvalue weighted by Crippen LogP contribution is 2.04. The Kier molecular flexibility index (Phi) is 8.35. The average Bonchev–Trinajstić information content (AvgIpc) is 2.15. The van der Waals surface area contributed by atoms with Crippen molar-refractivity contribution in [2.75, 3.05) is 39.5 Å². The molecule has 0 bridgehead atoms. The van der Waals surface area contributed by atoms with E-state index in [1.807, 2.05) is 13.1 Å². The van der Waals surface area contributed by atoms with Crippen molar-refractivity contribution < 1.29 is 14.0 Å². The van der Waals surface area contributed by atoms with Crippen LogP contribution in [-0.2, 0) is 8.85 Å². The van der Waals surface area contributed by atoms with Crippen molar-refractivity contribution >= 4 is 8.56 Å². The third kappa shape index (κ3) is 8.61. The Morgan fingerprint density at radius 3 is 2.43 bits per heavy atom. The van der Waals surface area contributed by atoms with Crippen LogP contribution in [0.2, 0.25) is 13.1 Å². The van der Waals surface area contributed by atoms with E-state index in [9.17, 15) is 0 Å². The Balaban J connectivity index is 3.35. The second-order valence-corrected chi connectivity index (χ2v) is 6.74. The van der Waals surface area contributed by atoms with E-state index in [0.717, 1.165) is 6.54 Å². The molecule has 0 aromatic heterocycles. The first-order valence-corrected chi connectivity index (χ1v) is 7.73. The van der Waals surface area contributed by atoms with Gasteiger partial charge in [0.05, 0.1) is 6.61 Å². The van der Waals surface area contributed by atoms with Crippen LogP contribution in [0.1, 0.15) is 0 Å². The second kappa shape index (κ2) is 8.34. The van der Waals surface area contributed by atoms with Gasteiger partial charge in [-0.3, -0.25) is 0 Å². The lowest BCUT2D eigenvalue weighted by atomic mass is 10.6.